The maximum absolute atomic E-state index is 10.6. The van der Waals surface area contributed by atoms with Crippen LogP contribution in [0.1, 0.15) is 35.7 Å². The van der Waals surface area contributed by atoms with Gasteiger partial charge in [0, 0.05) is 11.6 Å². The summed E-state index contributed by atoms with van der Waals surface area (Å²) in [6.45, 7) is 3.77. The van der Waals surface area contributed by atoms with Crippen LogP contribution in [-0.4, -0.2) is 11.4 Å². The Balaban J connectivity index is 3.37. The molecule has 0 radical (unpaired) electrons. The van der Waals surface area contributed by atoms with Gasteiger partial charge in [-0.25, -0.2) is 0 Å². The first-order chi connectivity index (χ1) is 6.60. The minimum absolute atomic E-state index is 0.000185. The summed E-state index contributed by atoms with van der Waals surface area (Å²) in [6.07, 6.45) is 0.558. The van der Waals surface area contributed by atoms with Crippen molar-refractivity contribution in [1.82, 2.24) is 0 Å². The van der Waals surface area contributed by atoms with Gasteiger partial charge in [0.05, 0.1) is 0 Å². The molecule has 0 atom stereocenters. The van der Waals surface area contributed by atoms with Crippen LogP contribution in [0, 0.1) is 4.91 Å². The number of rotatable bonds is 3. The molecule has 4 nitrogen and oxygen atoms in total. The van der Waals surface area contributed by atoms with Gasteiger partial charge in [0.1, 0.15) is 11.4 Å². The Labute approximate surface area is 81.5 Å². The molecule has 0 saturated carbocycles. The predicted molar refractivity (Wildman–Crippen MR) is 53.0 cm³/mol. The molecule has 4 heteroatoms. The van der Waals surface area contributed by atoms with Crippen molar-refractivity contribution in [3.05, 3.63) is 28.2 Å². The topological polar surface area (TPSA) is 66.7 Å². The largest absolute Gasteiger partial charge is 0.508 e. The number of hydrogen-bond donors (Lipinski definition) is 1. The summed E-state index contributed by atoms with van der Waals surface area (Å²) in [6, 6.07) is 2.70. The number of nitroso groups, excluding NO2 is 1. The minimum Gasteiger partial charge on any atom is -0.508 e. The molecule has 1 N–H and O–H groups in total. The van der Waals surface area contributed by atoms with Crippen molar-refractivity contribution in [2.75, 3.05) is 0 Å². The van der Waals surface area contributed by atoms with E-state index in [0.29, 0.717) is 11.8 Å². The van der Waals surface area contributed by atoms with Crippen LogP contribution in [0.15, 0.2) is 17.3 Å². The lowest BCUT2D eigenvalue weighted by atomic mass is 9.99. The molecule has 14 heavy (non-hydrogen) atoms. The average Bonchev–Trinajstić information content (AvgIpc) is 2.16. The first-order valence-electron chi connectivity index (χ1n) is 4.25. The highest BCUT2D eigenvalue weighted by atomic mass is 16.3. The van der Waals surface area contributed by atoms with Crippen molar-refractivity contribution >= 4 is 12.0 Å². The van der Waals surface area contributed by atoms with Crippen LogP contribution in [-0.2, 0) is 0 Å². The van der Waals surface area contributed by atoms with E-state index in [0.717, 1.165) is 0 Å². The Bertz CT molecular complexity index is 372. The monoisotopic (exact) mass is 193 g/mol. The maximum atomic E-state index is 10.6. The molecule has 0 aromatic heterocycles. The number of aldehydes is 1. The molecule has 0 aliphatic rings. The molecule has 1 rings (SSSR count). The van der Waals surface area contributed by atoms with Gasteiger partial charge in [-0.2, -0.15) is 0 Å². The van der Waals surface area contributed by atoms with Crippen LogP contribution in [0.5, 0.6) is 5.75 Å². The highest BCUT2D eigenvalue weighted by molar-refractivity contribution is 5.84. The summed E-state index contributed by atoms with van der Waals surface area (Å²) in [5.74, 6) is 0.0922. The number of phenols is 1. The third kappa shape index (κ3) is 1.79. The normalized spacial score (nSPS) is 10.2. The van der Waals surface area contributed by atoms with E-state index >= 15 is 0 Å². The van der Waals surface area contributed by atoms with Crippen molar-refractivity contribution in [2.45, 2.75) is 19.8 Å². The summed E-state index contributed by atoms with van der Waals surface area (Å²) in [5.41, 5.74) is 0.822. The summed E-state index contributed by atoms with van der Waals surface area (Å²) in [7, 11) is 0. The number of carbonyl (C=O) groups excluding carboxylic acids is 1. The van der Waals surface area contributed by atoms with Crippen LogP contribution in [0.3, 0.4) is 0 Å². The molecule has 0 aliphatic heterocycles. The van der Waals surface area contributed by atoms with Gasteiger partial charge in [-0.3, -0.25) is 4.79 Å². The van der Waals surface area contributed by atoms with Crippen LogP contribution in [0.25, 0.3) is 0 Å². The summed E-state index contributed by atoms with van der Waals surface area (Å²) < 4.78 is 0. The third-order valence-electron chi connectivity index (χ3n) is 2.02. The molecular formula is C10H11NO3. The summed E-state index contributed by atoms with van der Waals surface area (Å²) in [4.78, 5) is 20.9. The van der Waals surface area contributed by atoms with E-state index in [2.05, 4.69) is 5.18 Å². The van der Waals surface area contributed by atoms with E-state index in [1.54, 1.807) is 0 Å². The van der Waals surface area contributed by atoms with E-state index in [9.17, 15) is 14.8 Å². The van der Waals surface area contributed by atoms with Crippen molar-refractivity contribution in [2.24, 2.45) is 5.18 Å². The van der Waals surface area contributed by atoms with Gasteiger partial charge < -0.3 is 5.11 Å². The Kier molecular flexibility index (Phi) is 2.96. The van der Waals surface area contributed by atoms with Gasteiger partial charge in [0.15, 0.2) is 6.29 Å². The van der Waals surface area contributed by atoms with Gasteiger partial charge in [0.2, 0.25) is 0 Å². The van der Waals surface area contributed by atoms with Gasteiger partial charge in [-0.1, -0.05) is 13.8 Å². The zero-order valence-corrected chi connectivity index (χ0v) is 8.02. The molecule has 0 spiro atoms. The number of aromatic hydroxyl groups is 1. The summed E-state index contributed by atoms with van der Waals surface area (Å²) in [5, 5.41) is 12.2. The van der Waals surface area contributed by atoms with Crippen LogP contribution in [0.2, 0.25) is 0 Å². The first-order valence-corrected chi connectivity index (χ1v) is 4.25. The molecule has 0 saturated heterocycles. The van der Waals surface area contributed by atoms with E-state index in [1.165, 1.54) is 12.1 Å². The van der Waals surface area contributed by atoms with Gasteiger partial charge in [0.25, 0.3) is 0 Å². The molecule has 0 bridgehead atoms. The van der Waals surface area contributed by atoms with E-state index < -0.39 is 0 Å². The second kappa shape index (κ2) is 4.00. The Morgan fingerprint density at radius 1 is 1.43 bits per heavy atom. The number of benzene rings is 1. The highest BCUT2D eigenvalue weighted by Crippen LogP contribution is 2.31. The zero-order valence-electron chi connectivity index (χ0n) is 8.02. The number of phenolic OH excluding ortho intramolecular Hbond substituents is 1. The SMILES string of the molecule is CC(C)c1cc(C=O)c(N=O)cc1O. The van der Waals surface area contributed by atoms with Crippen LogP contribution >= 0.6 is 0 Å². The fourth-order valence-corrected chi connectivity index (χ4v) is 1.25. The zero-order chi connectivity index (χ0) is 10.7. The fraction of sp³-hybridized carbons (Fsp3) is 0.300. The smallest absolute Gasteiger partial charge is 0.152 e. The van der Waals surface area contributed by atoms with Gasteiger partial charge in [-0.05, 0) is 22.7 Å². The lowest BCUT2D eigenvalue weighted by Gasteiger charge is -2.09. The Hall–Kier alpha value is -1.71. The van der Waals surface area contributed by atoms with Crippen molar-refractivity contribution in [1.29, 1.82) is 0 Å². The molecule has 0 heterocycles. The fourth-order valence-electron chi connectivity index (χ4n) is 1.25. The van der Waals surface area contributed by atoms with Gasteiger partial charge >= 0.3 is 0 Å². The van der Waals surface area contributed by atoms with Crippen molar-refractivity contribution in [3.63, 3.8) is 0 Å². The van der Waals surface area contributed by atoms with E-state index in [4.69, 9.17) is 0 Å². The third-order valence-corrected chi connectivity index (χ3v) is 2.02. The quantitative estimate of drug-likeness (QED) is 0.592. The lowest BCUT2D eigenvalue weighted by Crippen LogP contribution is -1.91. The molecule has 0 aliphatic carbocycles. The minimum atomic E-state index is -0.0260. The van der Waals surface area contributed by atoms with Crippen LogP contribution < -0.4 is 0 Å². The number of nitrogens with zero attached hydrogens (tertiary/aromatic N) is 1. The summed E-state index contributed by atoms with van der Waals surface area (Å²) >= 11 is 0. The lowest BCUT2D eigenvalue weighted by molar-refractivity contribution is 0.112. The van der Waals surface area contributed by atoms with Crippen molar-refractivity contribution < 1.29 is 9.90 Å². The van der Waals surface area contributed by atoms with E-state index in [1.807, 2.05) is 13.8 Å². The maximum Gasteiger partial charge on any atom is 0.152 e. The molecule has 1 aromatic rings. The second-order valence-electron chi connectivity index (χ2n) is 3.33. The average molecular weight is 193 g/mol. The second-order valence-corrected chi connectivity index (χ2v) is 3.33. The Morgan fingerprint density at radius 2 is 2.07 bits per heavy atom. The number of hydrogen-bond acceptors (Lipinski definition) is 4. The molecular weight excluding hydrogens is 182 g/mol. The van der Waals surface area contributed by atoms with Crippen LogP contribution in [0.4, 0.5) is 5.69 Å². The van der Waals surface area contributed by atoms with E-state index in [-0.39, 0.29) is 22.9 Å². The Morgan fingerprint density at radius 3 is 2.50 bits per heavy atom. The standard InChI is InChI=1S/C10H11NO3/c1-6(2)8-3-7(5-12)9(11-14)4-10(8)13/h3-6,13H,1-2H3. The molecule has 0 unspecified atom stereocenters. The molecule has 1 aromatic carbocycles. The van der Waals surface area contributed by atoms with Gasteiger partial charge in [-0.15, -0.1) is 4.91 Å². The molecule has 0 amide bonds. The van der Waals surface area contributed by atoms with Crippen molar-refractivity contribution in [3.8, 4) is 5.75 Å². The number of carbonyl (C=O) groups is 1. The molecule has 0 fully saturated rings. The first kappa shape index (κ1) is 10.4. The predicted octanol–water partition coefficient (Wildman–Crippen LogP) is 2.73. The molecule has 74 valence electrons. The highest BCUT2D eigenvalue weighted by Gasteiger charge is 2.11.